The molecule has 1 aromatic heterocycles. The number of nitrogens with zero attached hydrogens (tertiary/aromatic N) is 1. The number of aromatic nitrogens is 1. The van der Waals surface area contributed by atoms with Crippen molar-refractivity contribution in [1.29, 1.82) is 0 Å². The number of aliphatic hydroxyl groups excluding tert-OH is 1. The second-order valence-electron chi connectivity index (χ2n) is 3.76. The van der Waals surface area contributed by atoms with Gasteiger partial charge in [-0.05, 0) is 30.2 Å². The van der Waals surface area contributed by atoms with Crippen molar-refractivity contribution in [3.05, 3.63) is 48.2 Å². The Morgan fingerprint density at radius 1 is 1.06 bits per heavy atom. The molecule has 0 aliphatic heterocycles. The Bertz CT molecular complexity index is 479. The molecule has 0 fully saturated rings. The molecule has 1 N–H and O–H groups in total. The lowest BCUT2D eigenvalue weighted by Gasteiger charge is -2.06. The highest BCUT2D eigenvalue weighted by Gasteiger charge is 2.00. The largest absolute Gasteiger partial charge is 0.495 e. The van der Waals surface area contributed by atoms with E-state index in [1.807, 2.05) is 24.3 Å². The zero-order chi connectivity index (χ0) is 12.8. The maximum atomic E-state index is 8.82. The molecule has 0 radical (unpaired) electrons. The molecule has 0 aliphatic carbocycles. The fourth-order valence-corrected chi connectivity index (χ4v) is 1.52. The summed E-state index contributed by atoms with van der Waals surface area (Å²) in [6.07, 6.45) is 2.26. The van der Waals surface area contributed by atoms with Crippen molar-refractivity contribution in [3.8, 4) is 17.4 Å². The van der Waals surface area contributed by atoms with Crippen molar-refractivity contribution in [2.75, 3.05) is 13.7 Å². The molecule has 4 nitrogen and oxygen atoms in total. The molecular formula is C14H15NO3. The van der Waals surface area contributed by atoms with Crippen LogP contribution in [0.25, 0.3) is 0 Å². The van der Waals surface area contributed by atoms with Crippen molar-refractivity contribution in [2.24, 2.45) is 0 Å². The van der Waals surface area contributed by atoms with Gasteiger partial charge in [-0.2, -0.15) is 0 Å². The maximum Gasteiger partial charge on any atom is 0.219 e. The fraction of sp³-hybridized carbons (Fsp3) is 0.214. The summed E-state index contributed by atoms with van der Waals surface area (Å²) in [5.41, 5.74) is 1.08. The summed E-state index contributed by atoms with van der Waals surface area (Å²) >= 11 is 0. The van der Waals surface area contributed by atoms with Crippen LogP contribution >= 0.6 is 0 Å². The molecule has 0 saturated carbocycles. The summed E-state index contributed by atoms with van der Waals surface area (Å²) in [6.45, 7) is 0.153. The molecular weight excluding hydrogens is 230 g/mol. The Balaban J connectivity index is 2.03. The van der Waals surface area contributed by atoms with Gasteiger partial charge in [-0.1, -0.05) is 12.1 Å². The quantitative estimate of drug-likeness (QED) is 0.879. The number of benzene rings is 1. The van der Waals surface area contributed by atoms with Gasteiger partial charge in [0, 0.05) is 12.7 Å². The fourth-order valence-electron chi connectivity index (χ4n) is 1.52. The lowest BCUT2D eigenvalue weighted by atomic mass is 10.1. The molecule has 18 heavy (non-hydrogen) atoms. The first-order valence-electron chi connectivity index (χ1n) is 5.69. The van der Waals surface area contributed by atoms with E-state index in [0.29, 0.717) is 23.8 Å². The molecule has 0 spiro atoms. The topological polar surface area (TPSA) is 51.6 Å². The highest BCUT2D eigenvalue weighted by molar-refractivity contribution is 5.31. The van der Waals surface area contributed by atoms with Gasteiger partial charge in [0.2, 0.25) is 5.88 Å². The van der Waals surface area contributed by atoms with Gasteiger partial charge in [0.25, 0.3) is 0 Å². The summed E-state index contributed by atoms with van der Waals surface area (Å²) in [5.74, 6) is 1.93. The van der Waals surface area contributed by atoms with E-state index in [-0.39, 0.29) is 6.61 Å². The van der Waals surface area contributed by atoms with Crippen LogP contribution in [0.3, 0.4) is 0 Å². The Morgan fingerprint density at radius 2 is 1.78 bits per heavy atom. The SMILES string of the molecule is COc1ccc(Oc2ccc(CCO)cc2)nc1. The number of hydrogen-bond donors (Lipinski definition) is 1. The molecule has 0 aliphatic rings. The van der Waals surface area contributed by atoms with E-state index in [4.69, 9.17) is 14.6 Å². The van der Waals surface area contributed by atoms with Crippen LogP contribution in [0.5, 0.6) is 17.4 Å². The zero-order valence-corrected chi connectivity index (χ0v) is 10.2. The van der Waals surface area contributed by atoms with Gasteiger partial charge in [0.1, 0.15) is 11.5 Å². The number of rotatable bonds is 5. The first-order chi connectivity index (χ1) is 8.81. The number of pyridine rings is 1. The van der Waals surface area contributed by atoms with Crippen molar-refractivity contribution < 1.29 is 14.6 Å². The van der Waals surface area contributed by atoms with E-state index >= 15 is 0 Å². The van der Waals surface area contributed by atoms with E-state index < -0.39 is 0 Å². The molecule has 0 unspecified atom stereocenters. The molecule has 0 saturated heterocycles. The van der Waals surface area contributed by atoms with Crippen LogP contribution in [0.2, 0.25) is 0 Å². The Hall–Kier alpha value is -2.07. The van der Waals surface area contributed by atoms with E-state index in [1.165, 1.54) is 0 Å². The maximum absolute atomic E-state index is 8.82. The summed E-state index contributed by atoms with van der Waals surface area (Å²) in [7, 11) is 1.59. The van der Waals surface area contributed by atoms with Crippen LogP contribution in [0.1, 0.15) is 5.56 Å². The van der Waals surface area contributed by atoms with Crippen molar-refractivity contribution in [2.45, 2.75) is 6.42 Å². The molecule has 4 heteroatoms. The molecule has 1 aromatic carbocycles. The van der Waals surface area contributed by atoms with Crippen molar-refractivity contribution in [1.82, 2.24) is 4.98 Å². The van der Waals surface area contributed by atoms with Crippen LogP contribution in [0, 0.1) is 0 Å². The number of hydrogen-bond acceptors (Lipinski definition) is 4. The normalized spacial score (nSPS) is 10.1. The molecule has 0 bridgehead atoms. The van der Waals surface area contributed by atoms with Crippen LogP contribution in [-0.4, -0.2) is 23.8 Å². The Labute approximate surface area is 106 Å². The number of methoxy groups -OCH3 is 1. The summed E-state index contributed by atoms with van der Waals surface area (Å²) in [6, 6.07) is 11.1. The Morgan fingerprint density at radius 3 is 2.33 bits per heavy atom. The standard InChI is InChI=1S/C14H15NO3/c1-17-13-6-7-14(15-10-13)18-12-4-2-11(3-5-12)8-9-16/h2-7,10,16H,8-9H2,1H3. The lowest BCUT2D eigenvalue weighted by Crippen LogP contribution is -1.92. The average Bonchev–Trinajstić information content (AvgIpc) is 2.42. The van der Waals surface area contributed by atoms with Gasteiger partial charge in [0.15, 0.2) is 0 Å². The van der Waals surface area contributed by atoms with Gasteiger partial charge in [-0.25, -0.2) is 4.98 Å². The van der Waals surface area contributed by atoms with Crippen LogP contribution < -0.4 is 9.47 Å². The first-order valence-corrected chi connectivity index (χ1v) is 5.69. The molecule has 2 rings (SSSR count). The minimum absolute atomic E-state index is 0.153. The second kappa shape index (κ2) is 6.02. The number of ether oxygens (including phenoxy) is 2. The summed E-state index contributed by atoms with van der Waals surface area (Å²) < 4.78 is 10.6. The number of aliphatic hydroxyl groups is 1. The smallest absolute Gasteiger partial charge is 0.219 e. The zero-order valence-electron chi connectivity index (χ0n) is 10.2. The second-order valence-corrected chi connectivity index (χ2v) is 3.76. The van der Waals surface area contributed by atoms with Gasteiger partial charge < -0.3 is 14.6 Å². The van der Waals surface area contributed by atoms with E-state index in [0.717, 1.165) is 5.56 Å². The highest BCUT2D eigenvalue weighted by Crippen LogP contribution is 2.21. The van der Waals surface area contributed by atoms with Gasteiger partial charge >= 0.3 is 0 Å². The lowest BCUT2D eigenvalue weighted by molar-refractivity contribution is 0.299. The van der Waals surface area contributed by atoms with Gasteiger partial charge in [0.05, 0.1) is 13.3 Å². The predicted octanol–water partition coefficient (Wildman–Crippen LogP) is 2.42. The molecule has 0 amide bonds. The van der Waals surface area contributed by atoms with E-state index in [2.05, 4.69) is 4.98 Å². The van der Waals surface area contributed by atoms with Gasteiger partial charge in [-0.15, -0.1) is 0 Å². The van der Waals surface area contributed by atoms with E-state index in [9.17, 15) is 0 Å². The van der Waals surface area contributed by atoms with E-state index in [1.54, 1.807) is 25.4 Å². The molecule has 2 aromatic rings. The third kappa shape index (κ3) is 3.21. The predicted molar refractivity (Wildman–Crippen MR) is 68.1 cm³/mol. The summed E-state index contributed by atoms with van der Waals surface area (Å²) in [4.78, 5) is 4.12. The van der Waals surface area contributed by atoms with Crippen molar-refractivity contribution >= 4 is 0 Å². The van der Waals surface area contributed by atoms with Gasteiger partial charge in [-0.3, -0.25) is 0 Å². The summed E-state index contributed by atoms with van der Waals surface area (Å²) in [5, 5.41) is 8.82. The molecule has 94 valence electrons. The van der Waals surface area contributed by atoms with Crippen LogP contribution in [0.4, 0.5) is 0 Å². The monoisotopic (exact) mass is 245 g/mol. The molecule has 0 atom stereocenters. The minimum Gasteiger partial charge on any atom is -0.495 e. The first kappa shape index (κ1) is 12.4. The Kier molecular flexibility index (Phi) is 4.15. The minimum atomic E-state index is 0.153. The third-order valence-electron chi connectivity index (χ3n) is 2.49. The van der Waals surface area contributed by atoms with Crippen LogP contribution in [-0.2, 0) is 6.42 Å². The van der Waals surface area contributed by atoms with Crippen LogP contribution in [0.15, 0.2) is 42.6 Å². The van der Waals surface area contributed by atoms with Crippen molar-refractivity contribution in [3.63, 3.8) is 0 Å². The third-order valence-corrected chi connectivity index (χ3v) is 2.49. The average molecular weight is 245 g/mol. The highest BCUT2D eigenvalue weighted by atomic mass is 16.5. The molecule has 1 heterocycles.